The Morgan fingerprint density at radius 2 is 2.10 bits per heavy atom. The van der Waals surface area contributed by atoms with Crippen molar-refractivity contribution in [3.05, 3.63) is 74.5 Å². The molecule has 1 atom stereocenters. The van der Waals surface area contributed by atoms with Crippen molar-refractivity contribution in [1.29, 1.82) is 5.26 Å². The predicted octanol–water partition coefficient (Wildman–Crippen LogP) is 4.24. The molecule has 106 valence electrons. The zero-order chi connectivity index (χ0) is 15.4. The van der Waals surface area contributed by atoms with E-state index in [-0.39, 0.29) is 17.7 Å². The van der Waals surface area contributed by atoms with E-state index in [0.717, 1.165) is 0 Å². The molecule has 2 aromatic rings. The smallest absolute Gasteiger partial charge is 0.258 e. The molecule has 2 rings (SSSR count). The summed E-state index contributed by atoms with van der Waals surface area (Å²) in [6.45, 7) is 0. The first-order chi connectivity index (χ1) is 10.0. The van der Waals surface area contributed by atoms with Gasteiger partial charge in [0.15, 0.2) is 0 Å². The van der Waals surface area contributed by atoms with Gasteiger partial charge < -0.3 is 0 Å². The lowest BCUT2D eigenvalue weighted by atomic mass is 9.92. The number of halogens is 2. The molecular formula is C15H10ClFN2O2. The number of hydrogen-bond acceptors (Lipinski definition) is 3. The van der Waals surface area contributed by atoms with Crippen LogP contribution in [-0.4, -0.2) is 4.92 Å². The Bertz CT molecular complexity index is 728. The van der Waals surface area contributed by atoms with Gasteiger partial charge in [0, 0.05) is 16.7 Å². The van der Waals surface area contributed by atoms with Crippen LogP contribution in [0.15, 0.2) is 42.5 Å². The van der Waals surface area contributed by atoms with Gasteiger partial charge in [-0.25, -0.2) is 4.39 Å². The zero-order valence-electron chi connectivity index (χ0n) is 10.8. The molecule has 0 saturated heterocycles. The molecule has 0 bridgehead atoms. The van der Waals surface area contributed by atoms with Gasteiger partial charge in [-0.2, -0.15) is 5.26 Å². The third kappa shape index (κ3) is 3.56. The van der Waals surface area contributed by atoms with E-state index in [1.165, 1.54) is 36.4 Å². The fraction of sp³-hybridized carbons (Fsp3) is 0.133. The molecule has 0 heterocycles. The SMILES string of the molecule is N#CC(Cc1cccc(F)c1)c1cc(Cl)ccc1[N+](=O)[O-]. The summed E-state index contributed by atoms with van der Waals surface area (Å²) in [5.74, 6) is -1.18. The molecule has 0 aliphatic carbocycles. The van der Waals surface area contributed by atoms with Crippen LogP contribution in [0.4, 0.5) is 10.1 Å². The minimum absolute atomic E-state index is 0.164. The average Bonchev–Trinajstić information content (AvgIpc) is 2.44. The van der Waals surface area contributed by atoms with Crippen LogP contribution < -0.4 is 0 Å². The molecule has 0 aliphatic rings. The molecule has 0 N–H and O–H groups in total. The lowest BCUT2D eigenvalue weighted by Gasteiger charge is -2.10. The van der Waals surface area contributed by atoms with Crippen LogP contribution in [0.5, 0.6) is 0 Å². The summed E-state index contributed by atoms with van der Waals surface area (Å²) < 4.78 is 13.2. The number of nitro groups is 1. The van der Waals surface area contributed by atoms with Crippen LogP contribution in [0.3, 0.4) is 0 Å². The monoisotopic (exact) mass is 304 g/mol. The predicted molar refractivity (Wildman–Crippen MR) is 76.6 cm³/mol. The summed E-state index contributed by atoms with van der Waals surface area (Å²) in [6.07, 6.45) is 0.176. The molecule has 21 heavy (non-hydrogen) atoms. The van der Waals surface area contributed by atoms with Crippen LogP contribution in [0.1, 0.15) is 17.0 Å². The highest BCUT2D eigenvalue weighted by atomic mass is 35.5. The Morgan fingerprint density at radius 3 is 2.71 bits per heavy atom. The minimum Gasteiger partial charge on any atom is -0.258 e. The first kappa shape index (κ1) is 14.9. The quantitative estimate of drug-likeness (QED) is 0.627. The molecule has 1 unspecified atom stereocenters. The van der Waals surface area contributed by atoms with Crippen molar-refractivity contribution in [3.63, 3.8) is 0 Å². The van der Waals surface area contributed by atoms with Gasteiger partial charge in [-0.15, -0.1) is 0 Å². The maximum Gasteiger partial charge on any atom is 0.274 e. The Labute approximate surface area is 125 Å². The molecule has 0 saturated carbocycles. The largest absolute Gasteiger partial charge is 0.274 e. The highest BCUT2D eigenvalue weighted by Gasteiger charge is 2.22. The van der Waals surface area contributed by atoms with Gasteiger partial charge >= 0.3 is 0 Å². The van der Waals surface area contributed by atoms with Crippen LogP contribution in [0.25, 0.3) is 0 Å². The van der Waals surface area contributed by atoms with E-state index in [1.54, 1.807) is 6.07 Å². The molecule has 0 spiro atoms. The number of nitrogens with zero attached hydrogens (tertiary/aromatic N) is 2. The number of nitro benzene ring substituents is 1. The maximum atomic E-state index is 13.2. The number of rotatable bonds is 4. The maximum absolute atomic E-state index is 13.2. The topological polar surface area (TPSA) is 66.9 Å². The third-order valence-electron chi connectivity index (χ3n) is 3.05. The molecule has 6 heteroatoms. The zero-order valence-corrected chi connectivity index (χ0v) is 11.5. The molecule has 4 nitrogen and oxygen atoms in total. The fourth-order valence-electron chi connectivity index (χ4n) is 2.10. The van der Waals surface area contributed by atoms with E-state index in [4.69, 9.17) is 11.6 Å². The number of hydrogen-bond donors (Lipinski definition) is 0. The normalized spacial score (nSPS) is 11.7. The Kier molecular flexibility index (Phi) is 4.51. The summed E-state index contributed by atoms with van der Waals surface area (Å²) in [6, 6.07) is 11.9. The van der Waals surface area contributed by atoms with Gasteiger partial charge in [0.05, 0.1) is 16.9 Å². The van der Waals surface area contributed by atoms with E-state index in [1.807, 2.05) is 6.07 Å². The van der Waals surface area contributed by atoms with E-state index in [9.17, 15) is 19.8 Å². The van der Waals surface area contributed by atoms with Crippen molar-refractivity contribution < 1.29 is 9.31 Å². The molecule has 0 aromatic heterocycles. The average molecular weight is 305 g/mol. The number of nitriles is 1. The standard InChI is InChI=1S/C15H10ClFN2O2/c16-12-4-5-15(19(20)21)14(8-12)11(9-18)6-10-2-1-3-13(17)7-10/h1-5,7-8,11H,6H2. The molecule has 2 aromatic carbocycles. The summed E-state index contributed by atoms with van der Waals surface area (Å²) in [5, 5.41) is 20.7. The van der Waals surface area contributed by atoms with Gasteiger partial charge in [-0.1, -0.05) is 23.7 Å². The van der Waals surface area contributed by atoms with Crippen molar-refractivity contribution in [2.24, 2.45) is 0 Å². The summed E-state index contributed by atoms with van der Waals surface area (Å²) >= 11 is 5.86. The molecule has 0 amide bonds. The molecular weight excluding hydrogens is 295 g/mol. The van der Waals surface area contributed by atoms with Crippen molar-refractivity contribution in [1.82, 2.24) is 0 Å². The van der Waals surface area contributed by atoms with Crippen LogP contribution in [-0.2, 0) is 6.42 Å². The second kappa shape index (κ2) is 6.33. The second-order valence-electron chi connectivity index (χ2n) is 4.48. The van der Waals surface area contributed by atoms with Gasteiger partial charge in [0.2, 0.25) is 0 Å². The van der Waals surface area contributed by atoms with Gasteiger partial charge in [0.25, 0.3) is 5.69 Å². The Morgan fingerprint density at radius 1 is 1.33 bits per heavy atom. The molecule has 0 fully saturated rings. The van der Waals surface area contributed by atoms with E-state index in [0.29, 0.717) is 10.6 Å². The second-order valence-corrected chi connectivity index (χ2v) is 4.91. The van der Waals surface area contributed by atoms with Crippen LogP contribution >= 0.6 is 11.6 Å². The highest BCUT2D eigenvalue weighted by molar-refractivity contribution is 6.30. The van der Waals surface area contributed by atoms with E-state index in [2.05, 4.69) is 0 Å². The van der Waals surface area contributed by atoms with Crippen LogP contribution in [0.2, 0.25) is 5.02 Å². The summed E-state index contributed by atoms with van der Waals surface area (Å²) in [5.41, 5.74) is 0.664. The molecule has 0 radical (unpaired) electrons. The van der Waals surface area contributed by atoms with Crippen LogP contribution in [0, 0.1) is 27.3 Å². The highest BCUT2D eigenvalue weighted by Crippen LogP contribution is 2.31. The number of benzene rings is 2. The lowest BCUT2D eigenvalue weighted by molar-refractivity contribution is -0.385. The first-order valence-corrected chi connectivity index (χ1v) is 6.47. The van der Waals surface area contributed by atoms with Gasteiger partial charge in [-0.05, 0) is 36.2 Å². The fourth-order valence-corrected chi connectivity index (χ4v) is 2.28. The Balaban J connectivity index is 2.40. The minimum atomic E-state index is -0.772. The summed E-state index contributed by atoms with van der Waals surface area (Å²) in [7, 11) is 0. The Hall–Kier alpha value is -2.45. The van der Waals surface area contributed by atoms with E-state index >= 15 is 0 Å². The van der Waals surface area contributed by atoms with Gasteiger partial charge in [0.1, 0.15) is 5.82 Å². The van der Waals surface area contributed by atoms with Crippen molar-refractivity contribution in [2.45, 2.75) is 12.3 Å². The van der Waals surface area contributed by atoms with Crippen molar-refractivity contribution >= 4 is 17.3 Å². The van der Waals surface area contributed by atoms with Gasteiger partial charge in [-0.3, -0.25) is 10.1 Å². The van der Waals surface area contributed by atoms with Crippen molar-refractivity contribution in [2.75, 3.05) is 0 Å². The molecule has 0 aliphatic heterocycles. The lowest BCUT2D eigenvalue weighted by Crippen LogP contribution is -2.05. The van der Waals surface area contributed by atoms with E-state index < -0.39 is 16.7 Å². The van der Waals surface area contributed by atoms with Crippen molar-refractivity contribution in [3.8, 4) is 6.07 Å². The first-order valence-electron chi connectivity index (χ1n) is 6.09. The summed E-state index contributed by atoms with van der Waals surface area (Å²) in [4.78, 5) is 10.5. The third-order valence-corrected chi connectivity index (χ3v) is 3.28.